The van der Waals surface area contributed by atoms with Crippen LogP contribution in [0.3, 0.4) is 0 Å². The maximum atomic E-state index is 13.8. The average molecular weight is 368 g/mol. The lowest BCUT2D eigenvalue weighted by Gasteiger charge is -2.12. The Bertz CT molecular complexity index is 833. The van der Waals surface area contributed by atoms with Gasteiger partial charge in [0.2, 0.25) is 0 Å². The molecule has 0 saturated carbocycles. The fraction of sp³-hybridized carbons (Fsp3) is 0.278. The molecule has 0 saturated heterocycles. The predicted octanol–water partition coefficient (Wildman–Crippen LogP) is 4.39. The Morgan fingerprint density at radius 2 is 2.00 bits per heavy atom. The quantitative estimate of drug-likeness (QED) is 0.635. The Labute approximate surface area is 153 Å². The van der Waals surface area contributed by atoms with Crippen molar-refractivity contribution in [2.75, 3.05) is 13.6 Å². The first-order chi connectivity index (χ1) is 10.7. The minimum absolute atomic E-state index is 0. The van der Waals surface area contributed by atoms with E-state index in [9.17, 15) is 4.39 Å². The van der Waals surface area contributed by atoms with Gasteiger partial charge in [-0.15, -0.1) is 24.8 Å². The largest absolute Gasteiger partial charge is 0.312 e. The van der Waals surface area contributed by atoms with Crippen LogP contribution in [0.2, 0.25) is 0 Å². The number of rotatable bonds is 1. The van der Waals surface area contributed by atoms with Crippen molar-refractivity contribution in [2.45, 2.75) is 19.4 Å². The molecule has 1 aromatic carbocycles. The number of pyridine rings is 1. The summed E-state index contributed by atoms with van der Waals surface area (Å²) in [5.41, 5.74) is 4.65. The number of benzene rings is 1. The third kappa shape index (κ3) is 3.14. The summed E-state index contributed by atoms with van der Waals surface area (Å²) in [6.07, 6.45) is 5.77. The fourth-order valence-corrected chi connectivity index (χ4v) is 3.47. The first-order valence-corrected chi connectivity index (χ1v) is 7.65. The highest BCUT2D eigenvalue weighted by Gasteiger charge is 2.22. The van der Waals surface area contributed by atoms with E-state index in [1.165, 1.54) is 17.3 Å². The molecule has 2 aromatic heterocycles. The van der Waals surface area contributed by atoms with Crippen molar-refractivity contribution < 1.29 is 4.39 Å². The highest BCUT2D eigenvalue weighted by atomic mass is 35.5. The van der Waals surface area contributed by atoms with Crippen molar-refractivity contribution in [2.24, 2.45) is 0 Å². The van der Waals surface area contributed by atoms with Gasteiger partial charge in [-0.25, -0.2) is 4.39 Å². The predicted molar refractivity (Wildman–Crippen MR) is 100 cm³/mol. The number of hydrogen-bond acceptors (Lipinski definition) is 2. The Kier molecular flexibility index (Phi) is 5.86. The van der Waals surface area contributed by atoms with E-state index in [-0.39, 0.29) is 30.6 Å². The summed E-state index contributed by atoms with van der Waals surface area (Å²) in [7, 11) is 2.13. The van der Waals surface area contributed by atoms with E-state index >= 15 is 0 Å². The van der Waals surface area contributed by atoms with Gasteiger partial charge in [0.05, 0.1) is 17.4 Å². The van der Waals surface area contributed by atoms with Crippen molar-refractivity contribution >= 4 is 35.7 Å². The van der Waals surface area contributed by atoms with Gasteiger partial charge < -0.3 is 9.47 Å². The van der Waals surface area contributed by atoms with Gasteiger partial charge in [-0.2, -0.15) is 0 Å². The highest BCUT2D eigenvalue weighted by molar-refractivity contribution is 5.87. The normalized spacial score (nSPS) is 14.4. The molecule has 24 heavy (non-hydrogen) atoms. The van der Waals surface area contributed by atoms with Crippen LogP contribution >= 0.6 is 24.8 Å². The molecular formula is C18H20Cl2FN3. The van der Waals surface area contributed by atoms with Crippen LogP contribution in [0.1, 0.15) is 17.7 Å². The summed E-state index contributed by atoms with van der Waals surface area (Å²) in [6.45, 7) is 1.93. The van der Waals surface area contributed by atoms with Crippen LogP contribution in [-0.4, -0.2) is 28.0 Å². The summed E-state index contributed by atoms with van der Waals surface area (Å²) in [5.74, 6) is -0.175. The van der Waals surface area contributed by atoms with Gasteiger partial charge in [-0.1, -0.05) is 0 Å². The van der Waals surface area contributed by atoms with Gasteiger partial charge in [0, 0.05) is 23.8 Å². The molecule has 0 radical (unpaired) electrons. The minimum Gasteiger partial charge on any atom is -0.312 e. The second-order valence-electron chi connectivity index (χ2n) is 5.97. The highest BCUT2D eigenvalue weighted by Crippen LogP contribution is 2.33. The lowest BCUT2D eigenvalue weighted by atomic mass is 10.1. The molecule has 0 aliphatic carbocycles. The van der Waals surface area contributed by atoms with Gasteiger partial charge in [-0.05, 0) is 62.3 Å². The van der Waals surface area contributed by atoms with Gasteiger partial charge in [-0.3, -0.25) is 4.98 Å². The van der Waals surface area contributed by atoms with Crippen LogP contribution in [0.4, 0.5) is 4.39 Å². The molecule has 4 rings (SSSR count). The van der Waals surface area contributed by atoms with Crippen molar-refractivity contribution in [3.8, 4) is 5.69 Å². The van der Waals surface area contributed by atoms with Crippen molar-refractivity contribution in [1.29, 1.82) is 0 Å². The third-order valence-corrected chi connectivity index (χ3v) is 4.43. The molecule has 3 aromatic rings. The molecule has 0 fully saturated rings. The van der Waals surface area contributed by atoms with Crippen molar-refractivity contribution in [3.05, 3.63) is 59.8 Å². The van der Waals surface area contributed by atoms with E-state index in [0.717, 1.165) is 42.5 Å². The molecule has 3 nitrogen and oxygen atoms in total. The van der Waals surface area contributed by atoms with Gasteiger partial charge in [0.1, 0.15) is 5.82 Å². The van der Waals surface area contributed by atoms with Gasteiger partial charge in [0.15, 0.2) is 0 Å². The van der Waals surface area contributed by atoms with E-state index in [1.54, 1.807) is 12.3 Å². The molecule has 0 unspecified atom stereocenters. The van der Waals surface area contributed by atoms with Crippen LogP contribution in [0, 0.1) is 5.82 Å². The maximum absolute atomic E-state index is 13.8. The van der Waals surface area contributed by atoms with Crippen LogP contribution < -0.4 is 0 Å². The smallest absolute Gasteiger partial charge is 0.123 e. The first kappa shape index (κ1) is 18.7. The second-order valence-corrected chi connectivity index (χ2v) is 5.97. The number of halogens is 3. The molecule has 6 heteroatoms. The lowest BCUT2D eigenvalue weighted by Crippen LogP contribution is -2.17. The third-order valence-electron chi connectivity index (χ3n) is 4.43. The average Bonchev–Trinajstić information content (AvgIpc) is 2.68. The number of nitrogens with zero attached hydrogens (tertiary/aromatic N) is 3. The molecule has 0 amide bonds. The van der Waals surface area contributed by atoms with Gasteiger partial charge in [0.25, 0.3) is 0 Å². The topological polar surface area (TPSA) is 21.1 Å². The van der Waals surface area contributed by atoms with E-state index in [1.807, 2.05) is 18.3 Å². The lowest BCUT2D eigenvalue weighted by molar-refractivity contribution is 0.333. The zero-order valence-electron chi connectivity index (χ0n) is 13.4. The summed E-state index contributed by atoms with van der Waals surface area (Å²) < 4.78 is 16.0. The van der Waals surface area contributed by atoms with Crippen LogP contribution in [0.25, 0.3) is 16.6 Å². The zero-order valence-corrected chi connectivity index (χ0v) is 15.0. The Hall–Kier alpha value is -1.62. The summed E-state index contributed by atoms with van der Waals surface area (Å²) >= 11 is 0. The Morgan fingerprint density at radius 1 is 1.17 bits per heavy atom. The minimum atomic E-state index is -0.175. The summed E-state index contributed by atoms with van der Waals surface area (Å²) in [6, 6.07) is 9.09. The van der Waals surface area contributed by atoms with Crippen LogP contribution in [0.5, 0.6) is 0 Å². The van der Waals surface area contributed by atoms with E-state index in [0.29, 0.717) is 0 Å². The number of aromatic nitrogens is 2. The van der Waals surface area contributed by atoms with Crippen LogP contribution in [-0.2, 0) is 13.0 Å². The molecule has 0 N–H and O–H groups in total. The standard InChI is InChI=1S/C18H18FN3.2ClH/c1-21-9-3-5-17-16(12-21)15-10-13(19)6-7-18(15)22(17)14-4-2-8-20-11-14;;/h2,4,6-8,10-11H,3,5,9,12H2,1H3;2*1H. The summed E-state index contributed by atoms with van der Waals surface area (Å²) in [5, 5.41) is 1.02. The molecule has 1 aliphatic heterocycles. The Morgan fingerprint density at radius 3 is 2.75 bits per heavy atom. The monoisotopic (exact) mass is 367 g/mol. The molecule has 0 atom stereocenters. The number of hydrogen-bond donors (Lipinski definition) is 0. The molecule has 0 bridgehead atoms. The summed E-state index contributed by atoms with van der Waals surface area (Å²) in [4.78, 5) is 6.56. The second kappa shape index (κ2) is 7.51. The fourth-order valence-electron chi connectivity index (χ4n) is 3.47. The van der Waals surface area contributed by atoms with E-state index in [4.69, 9.17) is 0 Å². The molecular weight excluding hydrogens is 348 g/mol. The van der Waals surface area contributed by atoms with Crippen LogP contribution in [0.15, 0.2) is 42.7 Å². The molecule has 0 spiro atoms. The van der Waals surface area contributed by atoms with E-state index in [2.05, 4.69) is 27.6 Å². The Balaban J connectivity index is 0.00000104. The number of fused-ring (bicyclic) bond motifs is 3. The van der Waals surface area contributed by atoms with E-state index < -0.39 is 0 Å². The molecule has 3 heterocycles. The van der Waals surface area contributed by atoms with Gasteiger partial charge >= 0.3 is 0 Å². The zero-order chi connectivity index (χ0) is 15.1. The molecule has 1 aliphatic rings. The first-order valence-electron chi connectivity index (χ1n) is 7.65. The van der Waals surface area contributed by atoms with Crippen molar-refractivity contribution in [1.82, 2.24) is 14.5 Å². The SMILES string of the molecule is CN1CCCc2c(c3cc(F)ccc3n2-c2cccnc2)C1.Cl.Cl. The molecule has 128 valence electrons. The maximum Gasteiger partial charge on any atom is 0.123 e. The van der Waals surface area contributed by atoms with Crippen molar-refractivity contribution in [3.63, 3.8) is 0 Å².